The Bertz CT molecular complexity index is 668. The summed E-state index contributed by atoms with van der Waals surface area (Å²) in [6, 6.07) is 9.38. The summed E-state index contributed by atoms with van der Waals surface area (Å²) in [5.74, 6) is 1.55. The van der Waals surface area contributed by atoms with Crippen molar-refractivity contribution < 1.29 is 10.2 Å². The van der Waals surface area contributed by atoms with Gasteiger partial charge in [0, 0.05) is 0 Å². The van der Waals surface area contributed by atoms with Crippen LogP contribution in [0.2, 0.25) is 0 Å². The standard InChI is InChI=1S/C21H28O2/c1-12(2)18-9-15(22)7-8-17(18)21-19(13(3)4)10-16(23)11-20(21)14(5)6/h7-14,22-23H,1-6H3. The van der Waals surface area contributed by atoms with Crippen molar-refractivity contribution in [1.29, 1.82) is 0 Å². The molecule has 0 saturated carbocycles. The van der Waals surface area contributed by atoms with Gasteiger partial charge < -0.3 is 10.2 Å². The van der Waals surface area contributed by atoms with Crippen LogP contribution in [0.15, 0.2) is 30.3 Å². The summed E-state index contributed by atoms with van der Waals surface area (Å²) >= 11 is 0. The molecule has 0 amide bonds. The second-order valence-electron chi connectivity index (χ2n) is 7.23. The van der Waals surface area contributed by atoms with E-state index in [4.69, 9.17) is 0 Å². The topological polar surface area (TPSA) is 40.5 Å². The normalized spacial score (nSPS) is 11.7. The van der Waals surface area contributed by atoms with Crippen LogP contribution in [0.5, 0.6) is 11.5 Å². The predicted molar refractivity (Wildman–Crippen MR) is 97.5 cm³/mol. The second-order valence-corrected chi connectivity index (χ2v) is 7.23. The van der Waals surface area contributed by atoms with Crippen LogP contribution in [0.25, 0.3) is 11.1 Å². The molecule has 0 unspecified atom stereocenters. The fraction of sp³-hybridized carbons (Fsp3) is 0.429. The Morgan fingerprint density at radius 1 is 0.609 bits per heavy atom. The fourth-order valence-electron chi connectivity index (χ4n) is 3.15. The first kappa shape index (κ1) is 17.4. The molecule has 0 radical (unpaired) electrons. The monoisotopic (exact) mass is 312 g/mol. The molecular weight excluding hydrogens is 284 g/mol. The lowest BCUT2D eigenvalue weighted by Gasteiger charge is -2.23. The van der Waals surface area contributed by atoms with Crippen LogP contribution in [-0.4, -0.2) is 10.2 Å². The Morgan fingerprint density at radius 2 is 1.04 bits per heavy atom. The number of rotatable bonds is 4. The summed E-state index contributed by atoms with van der Waals surface area (Å²) in [7, 11) is 0. The van der Waals surface area contributed by atoms with Gasteiger partial charge in [0.1, 0.15) is 11.5 Å². The quantitative estimate of drug-likeness (QED) is 0.712. The van der Waals surface area contributed by atoms with Crippen LogP contribution < -0.4 is 0 Å². The van der Waals surface area contributed by atoms with Gasteiger partial charge in [-0.2, -0.15) is 0 Å². The predicted octanol–water partition coefficient (Wildman–Crippen LogP) is 6.14. The third-order valence-electron chi connectivity index (χ3n) is 4.35. The van der Waals surface area contributed by atoms with Gasteiger partial charge in [-0.25, -0.2) is 0 Å². The van der Waals surface area contributed by atoms with Crippen molar-refractivity contribution in [2.24, 2.45) is 0 Å². The minimum absolute atomic E-state index is 0.299. The van der Waals surface area contributed by atoms with Crippen molar-refractivity contribution >= 4 is 0 Å². The van der Waals surface area contributed by atoms with Crippen molar-refractivity contribution in [1.82, 2.24) is 0 Å². The molecule has 0 fully saturated rings. The molecule has 0 saturated heterocycles. The zero-order valence-electron chi connectivity index (χ0n) is 15.0. The Hall–Kier alpha value is -1.96. The average molecular weight is 312 g/mol. The second kappa shape index (κ2) is 6.66. The molecule has 0 heterocycles. The minimum atomic E-state index is 0.299. The highest BCUT2D eigenvalue weighted by Gasteiger charge is 2.20. The molecule has 0 spiro atoms. The molecule has 0 aromatic heterocycles. The Labute approximate surface area is 139 Å². The number of phenolic OH excluding ortho intramolecular Hbond substituents is 2. The van der Waals surface area contributed by atoms with Gasteiger partial charge in [-0.1, -0.05) is 47.6 Å². The summed E-state index contributed by atoms with van der Waals surface area (Å²) in [5.41, 5.74) is 5.81. The molecule has 2 heteroatoms. The maximum Gasteiger partial charge on any atom is 0.116 e. The number of phenols is 2. The summed E-state index contributed by atoms with van der Waals surface area (Å²) in [4.78, 5) is 0. The van der Waals surface area contributed by atoms with Crippen molar-refractivity contribution in [3.63, 3.8) is 0 Å². The molecule has 2 aromatic carbocycles. The highest BCUT2D eigenvalue weighted by atomic mass is 16.3. The van der Waals surface area contributed by atoms with E-state index in [1.165, 1.54) is 5.56 Å². The van der Waals surface area contributed by atoms with E-state index in [9.17, 15) is 10.2 Å². The summed E-state index contributed by atoms with van der Waals surface area (Å²) in [5, 5.41) is 20.0. The van der Waals surface area contributed by atoms with Crippen LogP contribution >= 0.6 is 0 Å². The molecule has 2 rings (SSSR count). The zero-order chi connectivity index (χ0) is 17.3. The fourth-order valence-corrected chi connectivity index (χ4v) is 3.15. The largest absolute Gasteiger partial charge is 0.508 e. The van der Waals surface area contributed by atoms with Gasteiger partial charge >= 0.3 is 0 Å². The van der Waals surface area contributed by atoms with E-state index in [0.717, 1.165) is 22.3 Å². The highest BCUT2D eigenvalue weighted by molar-refractivity contribution is 5.77. The van der Waals surface area contributed by atoms with Crippen LogP contribution in [0.4, 0.5) is 0 Å². The lowest BCUT2D eigenvalue weighted by molar-refractivity contribution is 0.472. The van der Waals surface area contributed by atoms with Crippen LogP contribution in [0, 0.1) is 0 Å². The van der Waals surface area contributed by atoms with E-state index in [1.54, 1.807) is 6.07 Å². The lowest BCUT2D eigenvalue weighted by atomic mass is 9.81. The number of aromatic hydroxyl groups is 2. The summed E-state index contributed by atoms with van der Waals surface area (Å²) in [6.07, 6.45) is 0. The van der Waals surface area contributed by atoms with Crippen LogP contribution in [0.3, 0.4) is 0 Å². The van der Waals surface area contributed by atoms with Crippen molar-refractivity contribution in [2.45, 2.75) is 59.3 Å². The van der Waals surface area contributed by atoms with Crippen molar-refractivity contribution in [2.75, 3.05) is 0 Å². The molecule has 0 aliphatic rings. The first-order valence-corrected chi connectivity index (χ1v) is 8.42. The molecule has 23 heavy (non-hydrogen) atoms. The van der Waals surface area contributed by atoms with Gasteiger partial charge in [-0.05, 0) is 69.8 Å². The van der Waals surface area contributed by atoms with Crippen molar-refractivity contribution in [3.05, 3.63) is 47.0 Å². The van der Waals surface area contributed by atoms with Crippen LogP contribution in [0.1, 0.15) is 76.0 Å². The van der Waals surface area contributed by atoms with Gasteiger partial charge in [0.2, 0.25) is 0 Å². The van der Waals surface area contributed by atoms with Crippen molar-refractivity contribution in [3.8, 4) is 22.6 Å². The van der Waals surface area contributed by atoms with E-state index in [0.29, 0.717) is 29.3 Å². The molecule has 0 aliphatic carbocycles. The molecule has 2 N–H and O–H groups in total. The van der Waals surface area contributed by atoms with Gasteiger partial charge in [0.05, 0.1) is 0 Å². The summed E-state index contributed by atoms with van der Waals surface area (Å²) < 4.78 is 0. The molecular formula is C21H28O2. The van der Waals surface area contributed by atoms with E-state index < -0.39 is 0 Å². The molecule has 0 atom stereocenters. The molecule has 2 aromatic rings. The number of benzene rings is 2. The van der Waals surface area contributed by atoms with E-state index >= 15 is 0 Å². The first-order valence-electron chi connectivity index (χ1n) is 8.42. The van der Waals surface area contributed by atoms with Gasteiger partial charge in [-0.15, -0.1) is 0 Å². The van der Waals surface area contributed by atoms with Gasteiger partial charge in [0.15, 0.2) is 0 Å². The first-order chi connectivity index (χ1) is 10.7. The van der Waals surface area contributed by atoms with E-state index in [1.807, 2.05) is 24.3 Å². The molecule has 0 aliphatic heterocycles. The number of hydrogen-bond donors (Lipinski definition) is 2. The minimum Gasteiger partial charge on any atom is -0.508 e. The molecule has 124 valence electrons. The smallest absolute Gasteiger partial charge is 0.116 e. The molecule has 0 bridgehead atoms. The molecule has 2 nitrogen and oxygen atoms in total. The van der Waals surface area contributed by atoms with Crippen LogP contribution in [-0.2, 0) is 0 Å². The lowest BCUT2D eigenvalue weighted by Crippen LogP contribution is -2.03. The Balaban J connectivity index is 2.87. The maximum absolute atomic E-state index is 10.1. The average Bonchev–Trinajstić information content (AvgIpc) is 2.46. The number of hydrogen-bond acceptors (Lipinski definition) is 2. The zero-order valence-corrected chi connectivity index (χ0v) is 15.0. The highest BCUT2D eigenvalue weighted by Crippen LogP contribution is 2.42. The summed E-state index contributed by atoms with van der Waals surface area (Å²) in [6.45, 7) is 12.9. The van der Waals surface area contributed by atoms with Gasteiger partial charge in [-0.3, -0.25) is 0 Å². The SMILES string of the molecule is CC(C)c1cc(O)ccc1-c1c(C(C)C)cc(O)cc1C(C)C. The van der Waals surface area contributed by atoms with E-state index in [2.05, 4.69) is 41.5 Å². The maximum atomic E-state index is 10.1. The van der Waals surface area contributed by atoms with Gasteiger partial charge in [0.25, 0.3) is 0 Å². The van der Waals surface area contributed by atoms with E-state index in [-0.39, 0.29) is 0 Å². The third-order valence-corrected chi connectivity index (χ3v) is 4.35. The Morgan fingerprint density at radius 3 is 1.48 bits per heavy atom. The Kier molecular flexibility index (Phi) is 5.03. The third kappa shape index (κ3) is 3.52.